The van der Waals surface area contributed by atoms with Crippen LogP contribution in [0.5, 0.6) is 0 Å². The molecule has 0 saturated heterocycles. The van der Waals surface area contributed by atoms with Gasteiger partial charge in [-0.05, 0) is 120 Å². The molecule has 0 atom stereocenters. The van der Waals surface area contributed by atoms with Crippen molar-refractivity contribution < 1.29 is 0 Å². The summed E-state index contributed by atoms with van der Waals surface area (Å²) >= 11 is 0. The summed E-state index contributed by atoms with van der Waals surface area (Å²) in [6.07, 6.45) is 0. The quantitative estimate of drug-likeness (QED) is 0.160. The zero-order chi connectivity index (χ0) is 53.4. The highest BCUT2D eigenvalue weighted by atomic mass is 15.3. The molecule has 378 valence electrons. The Bertz CT molecular complexity index is 4640. The molecule has 5 nitrogen and oxygen atoms in total. The van der Waals surface area contributed by atoms with Gasteiger partial charge >= 0.3 is 0 Å². The Labute approximate surface area is 464 Å². The van der Waals surface area contributed by atoms with Gasteiger partial charge in [0.25, 0.3) is 0 Å². The molecule has 80 heavy (non-hydrogen) atoms. The van der Waals surface area contributed by atoms with Crippen LogP contribution in [0.15, 0.2) is 249 Å². The van der Waals surface area contributed by atoms with E-state index < -0.39 is 0 Å². The van der Waals surface area contributed by atoms with Gasteiger partial charge in [0.2, 0.25) is 11.9 Å². The van der Waals surface area contributed by atoms with Crippen LogP contribution in [0, 0.1) is 0 Å². The number of aromatic nitrogens is 5. The molecule has 3 heterocycles. The van der Waals surface area contributed by atoms with Gasteiger partial charge in [-0.3, -0.25) is 9.13 Å². The minimum Gasteiger partial charge on any atom is -0.278 e. The molecule has 16 rings (SSSR count). The number of hydrogen-bond acceptors (Lipinski definition) is 3. The molecule has 5 heteroatoms. The van der Waals surface area contributed by atoms with Crippen LogP contribution in [-0.4, -0.2) is 24.1 Å². The van der Waals surface area contributed by atoms with Crippen LogP contribution in [-0.2, 0) is 10.8 Å². The van der Waals surface area contributed by atoms with Crippen LogP contribution in [0.25, 0.3) is 134 Å². The van der Waals surface area contributed by atoms with Crippen molar-refractivity contribution in [3.8, 4) is 90.0 Å². The fourth-order valence-electron chi connectivity index (χ4n) is 13.7. The average Bonchev–Trinajstić information content (AvgIpc) is 4.22. The third-order valence-electron chi connectivity index (χ3n) is 17.6. The van der Waals surface area contributed by atoms with E-state index in [1.165, 1.54) is 55.6 Å². The average molecular weight is 1020 g/mol. The van der Waals surface area contributed by atoms with Gasteiger partial charge in [-0.2, -0.15) is 15.0 Å². The van der Waals surface area contributed by atoms with Gasteiger partial charge < -0.3 is 0 Å². The number of nitrogens with zero attached hydrogens (tertiary/aromatic N) is 5. The van der Waals surface area contributed by atoms with Gasteiger partial charge in [-0.15, -0.1) is 0 Å². The zero-order valence-electron chi connectivity index (χ0n) is 44.9. The van der Waals surface area contributed by atoms with E-state index in [4.69, 9.17) is 15.0 Å². The predicted molar refractivity (Wildman–Crippen MR) is 331 cm³/mol. The highest BCUT2D eigenvalue weighted by Gasteiger charge is 2.37. The van der Waals surface area contributed by atoms with Crippen molar-refractivity contribution >= 4 is 43.6 Å². The molecule has 0 spiro atoms. The maximum atomic E-state index is 5.71. The monoisotopic (exact) mass is 1020 g/mol. The molecule has 0 N–H and O–H groups in total. The number of fused-ring (bicyclic) bond motifs is 12. The third-order valence-corrected chi connectivity index (χ3v) is 17.6. The molecule has 0 amide bonds. The molecule has 0 radical (unpaired) electrons. The Kier molecular flexibility index (Phi) is 9.96. The van der Waals surface area contributed by atoms with E-state index in [0.29, 0.717) is 17.7 Å². The van der Waals surface area contributed by atoms with Crippen molar-refractivity contribution in [2.24, 2.45) is 0 Å². The number of rotatable bonds is 7. The normalized spacial score (nSPS) is 13.7. The maximum absolute atomic E-state index is 5.71. The summed E-state index contributed by atoms with van der Waals surface area (Å²) in [5, 5.41) is 4.50. The molecule has 11 aromatic carbocycles. The number of hydrogen-bond donors (Lipinski definition) is 0. The van der Waals surface area contributed by atoms with E-state index in [-0.39, 0.29) is 10.8 Å². The smallest absolute Gasteiger partial charge is 0.240 e. The third kappa shape index (κ3) is 6.80. The van der Waals surface area contributed by atoms with E-state index in [0.717, 1.165) is 82.6 Å². The van der Waals surface area contributed by atoms with Gasteiger partial charge in [0, 0.05) is 43.5 Å². The van der Waals surface area contributed by atoms with Gasteiger partial charge in [0.05, 0.1) is 22.1 Å². The van der Waals surface area contributed by atoms with Crippen molar-refractivity contribution in [3.05, 3.63) is 271 Å². The molecule has 0 unspecified atom stereocenters. The van der Waals surface area contributed by atoms with Gasteiger partial charge in [-0.1, -0.05) is 240 Å². The SMILES string of the molecule is CC1(C)c2ccccc2-c2ccc(-c3ccc4c5ccccc5n(-c5nc(-c6cccc(-c7ccccc7)c6-c6ccccc6)nc(-n6c7ccccc7c7ccc(-c8ccc9c(c8)C(C)(C)c8ccccc8-9)cc76)n5)c4c3)cc21. The second kappa shape index (κ2) is 17.3. The van der Waals surface area contributed by atoms with E-state index >= 15 is 0 Å². The predicted octanol–water partition coefficient (Wildman–Crippen LogP) is 19.0. The first-order valence-electron chi connectivity index (χ1n) is 27.8. The van der Waals surface area contributed by atoms with Crippen LogP contribution in [0.3, 0.4) is 0 Å². The Balaban J connectivity index is 0.957. The van der Waals surface area contributed by atoms with Crippen LogP contribution in [0.4, 0.5) is 0 Å². The lowest BCUT2D eigenvalue weighted by Gasteiger charge is -2.22. The summed E-state index contributed by atoms with van der Waals surface area (Å²) in [4.78, 5) is 17.1. The first kappa shape index (κ1) is 46.2. The Morgan fingerprint density at radius 2 is 0.650 bits per heavy atom. The standard InChI is InChI=1S/C75H53N5/c1-74(2)62-30-15-11-24-53(62)55-38-34-48(42-64(55)74)50-36-40-59-57-26-13-17-32-66(57)79(68(59)44-50)72-76-71(61-29-19-28-52(46-20-7-5-8-21-46)70(61)47-22-9-6-10-23-47)77-73(78-72)80-67-33-18-14-27-58(67)60-41-37-51(45-69(60)80)49-35-39-56-54-25-12-16-31-63(54)75(3,4)65(56)43-49/h5-45H,1-4H3. The first-order valence-corrected chi connectivity index (χ1v) is 27.8. The minimum absolute atomic E-state index is 0.132. The Hall–Kier alpha value is -9.97. The zero-order valence-corrected chi connectivity index (χ0v) is 44.9. The molecule has 2 aliphatic carbocycles. The van der Waals surface area contributed by atoms with E-state index in [1.54, 1.807) is 0 Å². The van der Waals surface area contributed by atoms with Crippen molar-refractivity contribution in [1.82, 2.24) is 24.1 Å². The highest BCUT2D eigenvalue weighted by molar-refractivity contribution is 6.11. The largest absolute Gasteiger partial charge is 0.278 e. The van der Waals surface area contributed by atoms with E-state index in [9.17, 15) is 0 Å². The molecule has 2 aliphatic rings. The van der Waals surface area contributed by atoms with Crippen LogP contribution < -0.4 is 0 Å². The number of benzene rings is 11. The molecule has 14 aromatic rings. The Morgan fingerprint density at radius 1 is 0.263 bits per heavy atom. The van der Waals surface area contributed by atoms with E-state index in [2.05, 4.69) is 286 Å². The molecule has 0 saturated carbocycles. The fraction of sp³-hybridized carbons (Fsp3) is 0.0800. The summed E-state index contributed by atoms with van der Waals surface area (Å²) in [5.74, 6) is 1.64. The van der Waals surface area contributed by atoms with Gasteiger partial charge in [-0.25, -0.2) is 0 Å². The lowest BCUT2D eigenvalue weighted by atomic mass is 9.81. The second-order valence-corrected chi connectivity index (χ2v) is 22.8. The van der Waals surface area contributed by atoms with Gasteiger partial charge in [0.15, 0.2) is 5.82 Å². The molecule has 3 aromatic heterocycles. The van der Waals surface area contributed by atoms with Gasteiger partial charge in [0.1, 0.15) is 0 Å². The maximum Gasteiger partial charge on any atom is 0.240 e. The lowest BCUT2D eigenvalue weighted by Crippen LogP contribution is -2.14. The topological polar surface area (TPSA) is 48.5 Å². The summed E-state index contributed by atoms with van der Waals surface area (Å²) < 4.78 is 4.53. The molecular formula is C75H53N5. The van der Waals surface area contributed by atoms with Crippen LogP contribution >= 0.6 is 0 Å². The second-order valence-electron chi connectivity index (χ2n) is 22.8. The molecular weight excluding hydrogens is 971 g/mol. The van der Waals surface area contributed by atoms with Crippen molar-refractivity contribution in [3.63, 3.8) is 0 Å². The Morgan fingerprint density at radius 3 is 1.18 bits per heavy atom. The highest BCUT2D eigenvalue weighted by Crippen LogP contribution is 2.52. The minimum atomic E-state index is -0.132. The summed E-state index contributed by atoms with van der Waals surface area (Å²) in [5.41, 5.74) is 24.3. The van der Waals surface area contributed by atoms with Crippen LogP contribution in [0.1, 0.15) is 49.9 Å². The van der Waals surface area contributed by atoms with E-state index in [1.807, 2.05) is 0 Å². The van der Waals surface area contributed by atoms with Crippen LogP contribution in [0.2, 0.25) is 0 Å². The lowest BCUT2D eigenvalue weighted by molar-refractivity contribution is 0.660. The van der Waals surface area contributed by atoms with Crippen molar-refractivity contribution in [1.29, 1.82) is 0 Å². The molecule has 0 fully saturated rings. The fourth-order valence-corrected chi connectivity index (χ4v) is 13.7. The molecule has 0 aliphatic heterocycles. The summed E-state index contributed by atoms with van der Waals surface area (Å²) in [7, 11) is 0. The summed E-state index contributed by atoms with van der Waals surface area (Å²) in [6.45, 7) is 9.40. The van der Waals surface area contributed by atoms with Crippen molar-refractivity contribution in [2.75, 3.05) is 0 Å². The number of para-hydroxylation sites is 2. The van der Waals surface area contributed by atoms with Crippen molar-refractivity contribution in [2.45, 2.75) is 38.5 Å². The first-order chi connectivity index (χ1) is 39.2. The summed E-state index contributed by atoms with van der Waals surface area (Å²) in [6, 6.07) is 90.7. The molecule has 0 bridgehead atoms.